The molecule has 0 unspecified atom stereocenters. The minimum atomic E-state index is -0.269. The van der Waals surface area contributed by atoms with Crippen LogP contribution in [0.2, 0.25) is 0 Å². The number of rotatable bonds is 4. The van der Waals surface area contributed by atoms with E-state index in [4.69, 9.17) is 9.51 Å². The first kappa shape index (κ1) is 17.6. The number of hydrogen-bond donors (Lipinski definition) is 0. The lowest BCUT2D eigenvalue weighted by atomic mass is 10.1. The Balaban J connectivity index is 1.29. The van der Waals surface area contributed by atoms with Crippen molar-refractivity contribution in [3.05, 3.63) is 83.8 Å². The molecule has 4 aromatic rings. The molecular formula is C22H18FN5O. The van der Waals surface area contributed by atoms with Crippen LogP contribution in [0.4, 0.5) is 4.39 Å². The minimum Gasteiger partial charge on any atom is -0.356 e. The van der Waals surface area contributed by atoms with Crippen LogP contribution in [-0.4, -0.2) is 31.6 Å². The predicted molar refractivity (Wildman–Crippen MR) is 105 cm³/mol. The highest BCUT2D eigenvalue weighted by molar-refractivity contribution is 5.57. The van der Waals surface area contributed by atoms with Crippen molar-refractivity contribution in [2.24, 2.45) is 0 Å². The van der Waals surface area contributed by atoms with Crippen molar-refractivity contribution < 1.29 is 8.91 Å². The van der Waals surface area contributed by atoms with Gasteiger partial charge in [-0.3, -0.25) is 9.88 Å². The van der Waals surface area contributed by atoms with Crippen molar-refractivity contribution in [3.8, 4) is 22.7 Å². The molecule has 29 heavy (non-hydrogen) atoms. The molecular weight excluding hydrogens is 369 g/mol. The van der Waals surface area contributed by atoms with Gasteiger partial charge in [-0.15, -0.1) is 0 Å². The lowest BCUT2D eigenvalue weighted by molar-refractivity contribution is 0.235. The van der Waals surface area contributed by atoms with Gasteiger partial charge in [-0.05, 0) is 36.4 Å². The quantitative estimate of drug-likeness (QED) is 0.529. The zero-order valence-corrected chi connectivity index (χ0v) is 15.6. The van der Waals surface area contributed by atoms with Gasteiger partial charge < -0.3 is 4.52 Å². The lowest BCUT2D eigenvalue weighted by Gasteiger charge is -2.27. The van der Waals surface area contributed by atoms with E-state index in [1.807, 2.05) is 24.4 Å². The fraction of sp³-hybridized carbons (Fsp3) is 0.182. The van der Waals surface area contributed by atoms with E-state index in [1.165, 1.54) is 12.1 Å². The maximum Gasteiger partial charge on any atom is 0.167 e. The Labute approximate surface area is 167 Å². The largest absolute Gasteiger partial charge is 0.356 e. The van der Waals surface area contributed by atoms with Crippen molar-refractivity contribution in [3.63, 3.8) is 0 Å². The SMILES string of the molecule is Fc1ccc(-c2cc(CN3CCc4nc(-c5ccncc5)ncc4C3)no2)cc1. The van der Waals surface area contributed by atoms with Crippen LogP contribution in [0.25, 0.3) is 22.7 Å². The highest BCUT2D eigenvalue weighted by Crippen LogP contribution is 2.24. The van der Waals surface area contributed by atoms with Gasteiger partial charge in [0.2, 0.25) is 0 Å². The van der Waals surface area contributed by atoms with Crippen molar-refractivity contribution in [2.45, 2.75) is 19.5 Å². The van der Waals surface area contributed by atoms with Crippen molar-refractivity contribution >= 4 is 0 Å². The minimum absolute atomic E-state index is 0.269. The number of aromatic nitrogens is 4. The first-order valence-corrected chi connectivity index (χ1v) is 9.44. The number of fused-ring (bicyclic) bond motifs is 1. The van der Waals surface area contributed by atoms with Gasteiger partial charge in [-0.25, -0.2) is 14.4 Å². The average Bonchev–Trinajstić information content (AvgIpc) is 3.23. The summed E-state index contributed by atoms with van der Waals surface area (Å²) in [4.78, 5) is 15.6. The van der Waals surface area contributed by atoms with Crippen LogP contribution in [0.15, 0.2) is 65.6 Å². The third-order valence-corrected chi connectivity index (χ3v) is 5.02. The summed E-state index contributed by atoms with van der Waals surface area (Å²) in [6.45, 7) is 2.33. The summed E-state index contributed by atoms with van der Waals surface area (Å²) in [5.74, 6) is 1.11. The lowest BCUT2D eigenvalue weighted by Crippen LogP contribution is -2.31. The van der Waals surface area contributed by atoms with Crippen LogP contribution in [-0.2, 0) is 19.5 Å². The monoisotopic (exact) mass is 387 g/mol. The molecule has 0 bridgehead atoms. The maximum absolute atomic E-state index is 13.1. The summed E-state index contributed by atoms with van der Waals surface area (Å²) >= 11 is 0. The van der Waals surface area contributed by atoms with Gasteiger partial charge in [-0.2, -0.15) is 0 Å². The van der Waals surface area contributed by atoms with E-state index in [0.29, 0.717) is 12.3 Å². The average molecular weight is 387 g/mol. The number of hydrogen-bond acceptors (Lipinski definition) is 6. The van der Waals surface area contributed by atoms with Gasteiger partial charge in [0.1, 0.15) is 5.82 Å². The topological polar surface area (TPSA) is 67.9 Å². The van der Waals surface area contributed by atoms with Gasteiger partial charge in [0, 0.05) is 67.4 Å². The maximum atomic E-state index is 13.1. The molecule has 0 N–H and O–H groups in total. The normalized spacial score (nSPS) is 14.0. The summed E-state index contributed by atoms with van der Waals surface area (Å²) in [5.41, 5.74) is 4.86. The Hall–Kier alpha value is -3.45. The fourth-order valence-corrected chi connectivity index (χ4v) is 3.52. The van der Waals surface area contributed by atoms with Gasteiger partial charge in [0.05, 0.1) is 11.4 Å². The third kappa shape index (κ3) is 3.77. The molecule has 3 aromatic heterocycles. The molecule has 0 fully saturated rings. The molecule has 6 nitrogen and oxygen atoms in total. The van der Waals surface area contributed by atoms with Crippen LogP contribution in [0.5, 0.6) is 0 Å². The zero-order valence-electron chi connectivity index (χ0n) is 15.6. The van der Waals surface area contributed by atoms with E-state index >= 15 is 0 Å². The van der Waals surface area contributed by atoms with E-state index < -0.39 is 0 Å². The van der Waals surface area contributed by atoms with Gasteiger partial charge in [0.25, 0.3) is 0 Å². The summed E-state index contributed by atoms with van der Waals surface area (Å²) < 4.78 is 18.5. The van der Waals surface area contributed by atoms with Gasteiger partial charge >= 0.3 is 0 Å². The molecule has 0 aliphatic carbocycles. The van der Waals surface area contributed by atoms with Gasteiger partial charge in [0.15, 0.2) is 11.6 Å². The standard InChI is InChI=1S/C22H18FN5O/c23-18-3-1-15(2-4-18)21-11-19(27-29-21)14-28-10-7-20-17(13-28)12-25-22(26-20)16-5-8-24-9-6-16/h1-6,8-9,11-12H,7,10,13-14H2. The molecule has 0 spiro atoms. The van der Waals surface area contributed by atoms with Crippen LogP contribution in [0.3, 0.4) is 0 Å². The van der Waals surface area contributed by atoms with E-state index in [2.05, 4.69) is 20.0 Å². The van der Waals surface area contributed by atoms with E-state index in [0.717, 1.165) is 53.4 Å². The number of halogens is 1. The smallest absolute Gasteiger partial charge is 0.167 e. The molecule has 0 amide bonds. The molecule has 0 saturated carbocycles. The molecule has 1 aliphatic rings. The Morgan fingerprint density at radius 3 is 2.69 bits per heavy atom. The van der Waals surface area contributed by atoms with Crippen LogP contribution >= 0.6 is 0 Å². The number of pyridine rings is 1. The molecule has 1 aliphatic heterocycles. The predicted octanol–water partition coefficient (Wildman–Crippen LogP) is 3.89. The molecule has 0 atom stereocenters. The Morgan fingerprint density at radius 1 is 1.03 bits per heavy atom. The van der Waals surface area contributed by atoms with Crippen molar-refractivity contribution in [2.75, 3.05) is 6.54 Å². The van der Waals surface area contributed by atoms with Gasteiger partial charge in [-0.1, -0.05) is 5.16 Å². The Kier molecular flexibility index (Phi) is 4.57. The summed E-state index contributed by atoms with van der Waals surface area (Å²) in [5, 5.41) is 4.17. The summed E-state index contributed by atoms with van der Waals surface area (Å²) in [6.07, 6.45) is 6.27. The summed E-state index contributed by atoms with van der Waals surface area (Å²) in [7, 11) is 0. The van der Waals surface area contributed by atoms with E-state index in [-0.39, 0.29) is 5.82 Å². The Bertz CT molecular complexity index is 1130. The molecule has 0 radical (unpaired) electrons. The second-order valence-corrected chi connectivity index (χ2v) is 7.05. The van der Waals surface area contributed by atoms with Crippen LogP contribution in [0, 0.1) is 5.82 Å². The molecule has 7 heteroatoms. The Morgan fingerprint density at radius 2 is 1.86 bits per heavy atom. The third-order valence-electron chi connectivity index (χ3n) is 5.02. The molecule has 144 valence electrons. The summed E-state index contributed by atoms with van der Waals surface area (Å²) in [6, 6.07) is 12.0. The molecule has 0 saturated heterocycles. The van der Waals surface area contributed by atoms with E-state index in [1.54, 1.807) is 24.5 Å². The first-order chi connectivity index (χ1) is 14.2. The van der Waals surface area contributed by atoms with Crippen molar-refractivity contribution in [1.82, 2.24) is 25.0 Å². The second kappa shape index (κ2) is 7.52. The first-order valence-electron chi connectivity index (χ1n) is 9.44. The second-order valence-electron chi connectivity index (χ2n) is 7.05. The van der Waals surface area contributed by atoms with Crippen molar-refractivity contribution in [1.29, 1.82) is 0 Å². The highest BCUT2D eigenvalue weighted by Gasteiger charge is 2.20. The number of benzene rings is 1. The number of nitrogens with zero attached hydrogens (tertiary/aromatic N) is 5. The molecule has 1 aromatic carbocycles. The molecule has 4 heterocycles. The van der Waals surface area contributed by atoms with Crippen LogP contribution in [0.1, 0.15) is 17.0 Å². The molecule has 5 rings (SSSR count). The fourth-order valence-electron chi connectivity index (χ4n) is 3.52. The van der Waals surface area contributed by atoms with E-state index in [9.17, 15) is 4.39 Å². The highest BCUT2D eigenvalue weighted by atomic mass is 19.1. The van der Waals surface area contributed by atoms with Crippen LogP contribution < -0.4 is 0 Å². The zero-order chi connectivity index (χ0) is 19.6.